The van der Waals surface area contributed by atoms with E-state index in [1.807, 2.05) is 0 Å². The molecule has 0 unspecified atom stereocenters. The predicted octanol–water partition coefficient (Wildman–Crippen LogP) is 1.15. The van der Waals surface area contributed by atoms with E-state index in [0.717, 1.165) is 6.08 Å². The molecular weight excluding hydrogens is 184 g/mol. The summed E-state index contributed by atoms with van der Waals surface area (Å²) in [5.74, 6) is -0.701. The van der Waals surface area contributed by atoms with Crippen molar-refractivity contribution in [2.75, 3.05) is 0 Å². The number of primary amides is 1. The zero-order chi connectivity index (χ0) is 11.3. The summed E-state index contributed by atoms with van der Waals surface area (Å²) in [6.45, 7) is 6.50. The van der Waals surface area contributed by atoms with Crippen molar-refractivity contribution in [3.63, 3.8) is 0 Å². The minimum absolute atomic E-state index is 0.0969. The molecule has 0 atom stereocenters. The molecule has 0 aliphatic heterocycles. The molecule has 2 N–H and O–H groups in total. The summed E-state index contributed by atoms with van der Waals surface area (Å²) in [7, 11) is 0. The first-order chi connectivity index (χ1) is 6.40. The molecule has 0 saturated heterocycles. The van der Waals surface area contributed by atoms with Gasteiger partial charge in [-0.15, -0.1) is 0 Å². The molecule has 1 amide bonds. The van der Waals surface area contributed by atoms with Crippen molar-refractivity contribution in [2.24, 2.45) is 5.73 Å². The van der Waals surface area contributed by atoms with Crippen molar-refractivity contribution >= 4 is 5.91 Å². The number of hydrogen-bond acceptors (Lipinski definition) is 3. The summed E-state index contributed by atoms with van der Waals surface area (Å²) in [4.78, 5) is 20.7. The molecule has 0 saturated carbocycles. The topological polar surface area (TPSA) is 86.2 Å². The average Bonchev–Trinajstić information content (AvgIpc) is 2.03. The van der Waals surface area contributed by atoms with Gasteiger partial charge < -0.3 is 5.73 Å². The van der Waals surface area contributed by atoms with Crippen LogP contribution in [0.15, 0.2) is 35.6 Å². The van der Waals surface area contributed by atoms with Crippen LogP contribution in [-0.4, -0.2) is 10.8 Å². The Balaban J connectivity index is 5.20. The molecule has 0 bridgehead atoms. The van der Waals surface area contributed by atoms with Crippen LogP contribution in [-0.2, 0) is 4.79 Å². The van der Waals surface area contributed by atoms with Crippen molar-refractivity contribution in [1.29, 1.82) is 0 Å². The fraction of sp³-hybridized carbons (Fsp3) is 0.222. The predicted molar refractivity (Wildman–Crippen MR) is 52.8 cm³/mol. The average molecular weight is 196 g/mol. The second-order valence-corrected chi connectivity index (χ2v) is 2.68. The van der Waals surface area contributed by atoms with Crippen LogP contribution in [0.25, 0.3) is 0 Å². The van der Waals surface area contributed by atoms with E-state index in [1.54, 1.807) is 6.92 Å². The molecule has 0 aromatic heterocycles. The maximum atomic E-state index is 10.8. The second-order valence-electron chi connectivity index (χ2n) is 2.68. The first-order valence-electron chi connectivity index (χ1n) is 3.88. The minimum Gasteiger partial charge on any atom is -0.366 e. The molecule has 0 aromatic carbocycles. The Hall–Kier alpha value is -1.91. The third-order valence-electron chi connectivity index (χ3n) is 1.52. The third kappa shape index (κ3) is 3.22. The number of nitrogens with two attached hydrogens (primary N) is 1. The van der Waals surface area contributed by atoms with Crippen LogP contribution in [0.2, 0.25) is 0 Å². The van der Waals surface area contributed by atoms with E-state index in [2.05, 4.69) is 6.58 Å². The Kier molecular flexibility index (Phi) is 4.28. The second kappa shape index (κ2) is 4.96. The maximum Gasteiger partial charge on any atom is 0.272 e. The van der Waals surface area contributed by atoms with E-state index >= 15 is 0 Å². The lowest BCUT2D eigenvalue weighted by Gasteiger charge is -1.97. The Labute approximate surface area is 81.7 Å². The van der Waals surface area contributed by atoms with Crippen molar-refractivity contribution in [3.8, 4) is 0 Å². The summed E-state index contributed by atoms with van der Waals surface area (Å²) in [6.07, 6.45) is 2.53. The quantitative estimate of drug-likeness (QED) is 0.316. The largest absolute Gasteiger partial charge is 0.366 e. The number of allylic oxidation sites excluding steroid dienone is 2. The molecule has 0 aliphatic carbocycles. The highest BCUT2D eigenvalue weighted by Crippen LogP contribution is 2.10. The number of nitro groups is 1. The Morgan fingerprint density at radius 2 is 2.07 bits per heavy atom. The molecule has 0 fully saturated rings. The van der Waals surface area contributed by atoms with Crippen LogP contribution in [0, 0.1) is 10.1 Å². The van der Waals surface area contributed by atoms with E-state index in [9.17, 15) is 14.9 Å². The van der Waals surface area contributed by atoms with E-state index < -0.39 is 10.8 Å². The van der Waals surface area contributed by atoms with Gasteiger partial charge in [-0.25, -0.2) is 0 Å². The number of rotatable bonds is 4. The fourth-order valence-electron chi connectivity index (χ4n) is 0.776. The lowest BCUT2D eigenvalue weighted by atomic mass is 10.1. The summed E-state index contributed by atoms with van der Waals surface area (Å²) in [5.41, 5.74) is 5.15. The first kappa shape index (κ1) is 12.1. The van der Waals surface area contributed by atoms with Crippen LogP contribution < -0.4 is 5.73 Å². The Morgan fingerprint density at radius 3 is 2.29 bits per heavy atom. The van der Waals surface area contributed by atoms with Gasteiger partial charge in [0.15, 0.2) is 0 Å². The van der Waals surface area contributed by atoms with Gasteiger partial charge in [0.1, 0.15) is 0 Å². The van der Waals surface area contributed by atoms with Gasteiger partial charge in [0.2, 0.25) is 5.91 Å². The highest BCUT2D eigenvalue weighted by Gasteiger charge is 2.13. The number of carbonyl (C=O) groups excluding carboxylic acids is 1. The lowest BCUT2D eigenvalue weighted by molar-refractivity contribution is -0.420. The number of carbonyl (C=O) groups is 1. The molecule has 0 aliphatic rings. The van der Waals surface area contributed by atoms with Gasteiger partial charge in [-0.1, -0.05) is 12.7 Å². The van der Waals surface area contributed by atoms with Gasteiger partial charge in [0.25, 0.3) is 5.70 Å². The highest BCUT2D eigenvalue weighted by molar-refractivity contribution is 5.94. The van der Waals surface area contributed by atoms with E-state index in [-0.39, 0.29) is 16.8 Å². The monoisotopic (exact) mass is 196 g/mol. The van der Waals surface area contributed by atoms with Crippen molar-refractivity contribution in [2.45, 2.75) is 13.8 Å². The van der Waals surface area contributed by atoms with Gasteiger partial charge in [-0.3, -0.25) is 14.9 Å². The number of nitrogens with zero attached hydrogens (tertiary/aromatic N) is 1. The van der Waals surface area contributed by atoms with Gasteiger partial charge in [-0.2, -0.15) is 0 Å². The van der Waals surface area contributed by atoms with Gasteiger partial charge >= 0.3 is 0 Å². The first-order valence-corrected chi connectivity index (χ1v) is 3.88. The van der Waals surface area contributed by atoms with Crippen molar-refractivity contribution in [1.82, 2.24) is 0 Å². The Bertz CT molecular complexity index is 324. The smallest absolute Gasteiger partial charge is 0.272 e. The molecule has 14 heavy (non-hydrogen) atoms. The summed E-state index contributed by atoms with van der Waals surface area (Å²) < 4.78 is 0. The molecule has 0 rings (SSSR count). The van der Waals surface area contributed by atoms with E-state index in [1.165, 1.54) is 13.0 Å². The summed E-state index contributed by atoms with van der Waals surface area (Å²) >= 11 is 0. The standard InChI is InChI=1S/C9H12N2O3/c1-4-7(9(10)12)5-8(6(2)3)11(13)14/h4-5H,2H2,1,3H3,(H2,10,12)/b7-4+,8-5+. The lowest BCUT2D eigenvalue weighted by Crippen LogP contribution is -2.13. The van der Waals surface area contributed by atoms with Gasteiger partial charge in [0, 0.05) is 17.2 Å². The number of hydrogen-bond donors (Lipinski definition) is 1. The van der Waals surface area contributed by atoms with Gasteiger partial charge in [-0.05, 0) is 13.8 Å². The molecule has 0 radical (unpaired) electrons. The van der Waals surface area contributed by atoms with E-state index in [4.69, 9.17) is 5.73 Å². The van der Waals surface area contributed by atoms with E-state index in [0.29, 0.717) is 0 Å². The molecule has 0 heterocycles. The molecule has 5 nitrogen and oxygen atoms in total. The third-order valence-corrected chi connectivity index (χ3v) is 1.52. The molecule has 0 spiro atoms. The van der Waals surface area contributed by atoms with Crippen LogP contribution >= 0.6 is 0 Å². The SMILES string of the molecule is C=C(C)/C(=C\C(=C/C)C(N)=O)[N+](=O)[O-]. The normalized spacial score (nSPS) is 12.4. The molecule has 0 aromatic rings. The molecular formula is C9H12N2O3. The molecule has 76 valence electrons. The maximum absolute atomic E-state index is 10.8. The van der Waals surface area contributed by atoms with Crippen LogP contribution in [0.1, 0.15) is 13.8 Å². The van der Waals surface area contributed by atoms with Crippen molar-refractivity contribution < 1.29 is 9.72 Å². The van der Waals surface area contributed by atoms with Crippen LogP contribution in [0.5, 0.6) is 0 Å². The summed E-state index contributed by atoms with van der Waals surface area (Å²) in [6, 6.07) is 0. The summed E-state index contributed by atoms with van der Waals surface area (Å²) in [5, 5.41) is 10.5. The van der Waals surface area contributed by atoms with Gasteiger partial charge in [0.05, 0.1) is 4.92 Å². The zero-order valence-electron chi connectivity index (χ0n) is 8.11. The van der Waals surface area contributed by atoms with Crippen LogP contribution in [0.4, 0.5) is 0 Å². The zero-order valence-corrected chi connectivity index (χ0v) is 8.11. The van der Waals surface area contributed by atoms with Crippen LogP contribution in [0.3, 0.4) is 0 Å². The number of amides is 1. The fourth-order valence-corrected chi connectivity index (χ4v) is 0.776. The Morgan fingerprint density at radius 1 is 1.57 bits per heavy atom. The van der Waals surface area contributed by atoms with Crippen molar-refractivity contribution in [3.05, 3.63) is 45.7 Å². The molecule has 5 heteroatoms. The highest BCUT2D eigenvalue weighted by atomic mass is 16.6. The minimum atomic E-state index is -0.701.